The lowest BCUT2D eigenvalue weighted by molar-refractivity contribution is 0.196. The zero-order chi connectivity index (χ0) is 18.1. The van der Waals surface area contributed by atoms with Gasteiger partial charge in [0.05, 0.1) is 23.3 Å². The number of hydrogen-bond donors (Lipinski definition) is 0. The third kappa shape index (κ3) is 3.06. The molecule has 3 aromatic rings. The van der Waals surface area contributed by atoms with Gasteiger partial charge in [0, 0.05) is 33.4 Å². The van der Waals surface area contributed by atoms with Crippen molar-refractivity contribution in [2.24, 2.45) is 7.05 Å². The largest absolute Gasteiger partial charge is 0.328 e. The number of pyridine rings is 1. The molecule has 0 radical (unpaired) electrons. The van der Waals surface area contributed by atoms with Gasteiger partial charge in [-0.1, -0.05) is 18.2 Å². The molecule has 1 aliphatic heterocycles. The number of aromatic nitrogens is 3. The molecule has 0 atom stereocenters. The summed E-state index contributed by atoms with van der Waals surface area (Å²) in [6.07, 6.45) is 5.83. The molecule has 0 spiro atoms. The van der Waals surface area contributed by atoms with E-state index < -0.39 is 0 Å². The number of fused-ring (bicyclic) bond motifs is 1. The van der Waals surface area contributed by atoms with Crippen molar-refractivity contribution in [2.75, 3.05) is 20.1 Å². The summed E-state index contributed by atoms with van der Waals surface area (Å²) in [5.74, 6) is 0.904. The zero-order valence-corrected chi connectivity index (χ0v) is 15.0. The van der Waals surface area contributed by atoms with Crippen molar-refractivity contribution in [3.63, 3.8) is 0 Å². The van der Waals surface area contributed by atoms with E-state index in [1.54, 1.807) is 4.90 Å². The van der Waals surface area contributed by atoms with Crippen LogP contribution in [0.4, 0.5) is 4.79 Å². The van der Waals surface area contributed by atoms with E-state index in [-0.39, 0.29) is 6.03 Å². The lowest BCUT2D eigenvalue weighted by Gasteiger charge is -2.15. The summed E-state index contributed by atoms with van der Waals surface area (Å²) in [6.45, 7) is 2.08. The normalized spacial score (nSPS) is 14.9. The van der Waals surface area contributed by atoms with Crippen LogP contribution in [0.5, 0.6) is 0 Å². The molecule has 6 nitrogen and oxygen atoms in total. The van der Waals surface area contributed by atoms with Crippen LogP contribution in [0.15, 0.2) is 42.6 Å². The maximum Gasteiger partial charge on any atom is 0.320 e. The molecule has 132 valence electrons. The lowest BCUT2D eigenvalue weighted by atomic mass is 10.2. The molecule has 2 amide bonds. The van der Waals surface area contributed by atoms with Gasteiger partial charge < -0.3 is 14.4 Å². The van der Waals surface area contributed by atoms with Crippen molar-refractivity contribution in [3.8, 4) is 0 Å². The first-order chi connectivity index (χ1) is 12.6. The molecule has 0 aliphatic carbocycles. The predicted molar refractivity (Wildman–Crippen MR) is 102 cm³/mol. The topological polar surface area (TPSA) is 54.3 Å². The minimum absolute atomic E-state index is 0.0672. The molecule has 4 rings (SSSR count). The summed E-state index contributed by atoms with van der Waals surface area (Å²) in [5, 5.41) is 0. The van der Waals surface area contributed by atoms with Crippen LogP contribution < -0.4 is 0 Å². The van der Waals surface area contributed by atoms with E-state index in [0.29, 0.717) is 6.54 Å². The first-order valence-electron chi connectivity index (χ1n) is 8.66. The predicted octanol–water partition coefficient (Wildman–Crippen LogP) is 3.01. The van der Waals surface area contributed by atoms with E-state index in [4.69, 9.17) is 0 Å². The van der Waals surface area contributed by atoms with Crippen LogP contribution in [0, 0.1) is 0 Å². The first-order valence-corrected chi connectivity index (χ1v) is 8.66. The number of hydrogen-bond acceptors (Lipinski definition) is 3. The number of likely N-dealkylation sites (N-methyl/N-ethyl adjacent to an activating group) is 1. The Bertz CT molecular complexity index is 974. The maximum absolute atomic E-state index is 11.9. The molecular formula is C20H21N5O. The highest BCUT2D eigenvalue weighted by Gasteiger charge is 2.25. The second-order valence-corrected chi connectivity index (χ2v) is 6.56. The minimum Gasteiger partial charge on any atom is -0.328 e. The number of urea groups is 1. The fourth-order valence-corrected chi connectivity index (χ4v) is 3.16. The molecule has 0 N–H and O–H groups in total. The van der Waals surface area contributed by atoms with Crippen molar-refractivity contribution in [2.45, 2.75) is 6.54 Å². The molecule has 1 fully saturated rings. The number of rotatable bonds is 4. The third-order valence-electron chi connectivity index (χ3n) is 4.75. The van der Waals surface area contributed by atoms with E-state index in [1.807, 2.05) is 67.7 Å². The summed E-state index contributed by atoms with van der Waals surface area (Å²) < 4.78 is 2.07. The van der Waals surface area contributed by atoms with Crippen LogP contribution in [0.25, 0.3) is 23.2 Å². The third-order valence-corrected chi connectivity index (χ3v) is 4.75. The Hall–Kier alpha value is -3.15. The lowest BCUT2D eigenvalue weighted by Crippen LogP contribution is -2.29. The van der Waals surface area contributed by atoms with E-state index in [0.717, 1.165) is 41.2 Å². The Kier molecular flexibility index (Phi) is 4.16. The number of benzene rings is 1. The maximum atomic E-state index is 11.9. The van der Waals surface area contributed by atoms with Crippen molar-refractivity contribution < 1.29 is 4.79 Å². The van der Waals surface area contributed by atoms with Gasteiger partial charge in [-0.25, -0.2) is 9.78 Å². The van der Waals surface area contributed by atoms with Gasteiger partial charge in [-0.2, -0.15) is 0 Å². The van der Waals surface area contributed by atoms with Crippen LogP contribution >= 0.6 is 0 Å². The number of nitrogens with zero attached hydrogens (tertiary/aromatic N) is 5. The molecule has 1 aliphatic rings. The summed E-state index contributed by atoms with van der Waals surface area (Å²) in [5.41, 5.74) is 4.00. The van der Waals surface area contributed by atoms with Crippen molar-refractivity contribution in [3.05, 3.63) is 59.7 Å². The number of aryl methyl sites for hydroxylation is 1. The van der Waals surface area contributed by atoms with Crippen molar-refractivity contribution in [1.82, 2.24) is 24.3 Å². The van der Waals surface area contributed by atoms with Crippen LogP contribution in [-0.2, 0) is 13.6 Å². The molecule has 1 saturated heterocycles. The Morgan fingerprint density at radius 3 is 2.62 bits per heavy atom. The monoisotopic (exact) mass is 347 g/mol. The zero-order valence-electron chi connectivity index (χ0n) is 15.0. The van der Waals surface area contributed by atoms with Gasteiger partial charge >= 0.3 is 6.03 Å². The highest BCUT2D eigenvalue weighted by Crippen LogP contribution is 2.16. The molecule has 3 heterocycles. The average molecular weight is 347 g/mol. The van der Waals surface area contributed by atoms with Crippen LogP contribution in [-0.4, -0.2) is 50.5 Å². The fraction of sp³-hybridized carbons (Fsp3) is 0.250. The van der Waals surface area contributed by atoms with Gasteiger partial charge in [-0.05, 0) is 35.9 Å². The standard InChI is InChI=1S/C20H21N5O/c1-23-11-12-25(20(23)26)14-16-9-7-15(13-21-16)8-10-19-22-17-5-3-4-6-18(17)24(19)2/h3-10,13H,11-12,14H2,1-2H3/b10-8+. The highest BCUT2D eigenvalue weighted by molar-refractivity contribution is 5.79. The van der Waals surface area contributed by atoms with Crippen LogP contribution in [0.3, 0.4) is 0 Å². The second-order valence-electron chi connectivity index (χ2n) is 6.56. The molecule has 1 aromatic carbocycles. The summed E-state index contributed by atoms with van der Waals surface area (Å²) >= 11 is 0. The van der Waals surface area contributed by atoms with Gasteiger partial charge in [0.1, 0.15) is 5.82 Å². The van der Waals surface area contributed by atoms with Crippen LogP contribution in [0.2, 0.25) is 0 Å². The molecule has 0 bridgehead atoms. The SMILES string of the molecule is CN1CCN(Cc2ccc(/C=C/c3nc4ccccc4n3C)cn2)C1=O. The van der Waals surface area contributed by atoms with Gasteiger partial charge in [-0.3, -0.25) is 4.98 Å². The summed E-state index contributed by atoms with van der Waals surface area (Å²) in [7, 11) is 3.84. The molecular weight excluding hydrogens is 326 g/mol. The minimum atomic E-state index is 0.0672. The number of amides is 2. The van der Waals surface area contributed by atoms with Gasteiger partial charge in [0.15, 0.2) is 0 Å². The Morgan fingerprint density at radius 2 is 1.92 bits per heavy atom. The quantitative estimate of drug-likeness (QED) is 0.729. The molecule has 6 heteroatoms. The van der Waals surface area contributed by atoms with Crippen molar-refractivity contribution in [1.29, 1.82) is 0 Å². The summed E-state index contributed by atoms with van der Waals surface area (Å²) in [4.78, 5) is 24.6. The highest BCUT2D eigenvalue weighted by atomic mass is 16.2. The van der Waals surface area contributed by atoms with Gasteiger partial charge in [0.25, 0.3) is 0 Å². The number of imidazole rings is 1. The Balaban J connectivity index is 1.47. The van der Waals surface area contributed by atoms with E-state index >= 15 is 0 Å². The van der Waals surface area contributed by atoms with Crippen molar-refractivity contribution >= 4 is 29.2 Å². The Labute approximate surface area is 152 Å². The van der Waals surface area contributed by atoms with E-state index in [9.17, 15) is 4.79 Å². The van der Waals surface area contributed by atoms with Gasteiger partial charge in [0.2, 0.25) is 0 Å². The number of carbonyl (C=O) groups excluding carboxylic acids is 1. The van der Waals surface area contributed by atoms with Crippen LogP contribution in [0.1, 0.15) is 17.1 Å². The fourth-order valence-electron chi connectivity index (χ4n) is 3.16. The number of para-hydroxylation sites is 2. The van der Waals surface area contributed by atoms with E-state index in [1.165, 1.54) is 0 Å². The first kappa shape index (κ1) is 16.3. The van der Waals surface area contributed by atoms with E-state index in [2.05, 4.69) is 20.6 Å². The van der Waals surface area contributed by atoms with Gasteiger partial charge in [-0.15, -0.1) is 0 Å². The number of carbonyl (C=O) groups is 1. The molecule has 0 unspecified atom stereocenters. The molecule has 2 aromatic heterocycles. The Morgan fingerprint density at radius 1 is 1.08 bits per heavy atom. The average Bonchev–Trinajstić information content (AvgIpc) is 3.15. The smallest absolute Gasteiger partial charge is 0.320 e. The molecule has 26 heavy (non-hydrogen) atoms. The second kappa shape index (κ2) is 6.63. The molecule has 0 saturated carbocycles. The summed E-state index contributed by atoms with van der Waals surface area (Å²) in [6, 6.07) is 12.1.